The summed E-state index contributed by atoms with van der Waals surface area (Å²) in [6.45, 7) is 11.2. The second-order valence-electron chi connectivity index (χ2n) is 12.7. The van der Waals surface area contributed by atoms with Gasteiger partial charge in [-0.2, -0.15) is 0 Å². The number of benzene rings is 2. The molecular formula is C40H36N4Ni. The van der Waals surface area contributed by atoms with Gasteiger partial charge in [0, 0.05) is 0 Å². The van der Waals surface area contributed by atoms with Crippen LogP contribution in [0.3, 0.4) is 0 Å². The number of hydrogen-bond acceptors (Lipinski definition) is 2. The van der Waals surface area contributed by atoms with Gasteiger partial charge in [-0.05, 0) is 75.4 Å². The van der Waals surface area contributed by atoms with Crippen LogP contribution in [0.2, 0.25) is 0 Å². The molecular weight excluding hydrogens is 595 g/mol. The SMILES string of the molecule is CCC(C)c1c2nc(c(-c3ccccc3)c3ccc([n-]3)c(C(C)(C)C)c3nc(c(-c4ccccc4)c4ccc1[n-]4)C=C3)C=C2.[Ni+2]. The van der Waals surface area contributed by atoms with Gasteiger partial charge in [-0.25, -0.2) is 9.97 Å². The molecule has 0 amide bonds. The summed E-state index contributed by atoms with van der Waals surface area (Å²) >= 11 is 0. The fraction of sp³-hybridized carbons (Fsp3) is 0.200. The van der Waals surface area contributed by atoms with Gasteiger partial charge in [-0.1, -0.05) is 120 Å². The topological polar surface area (TPSA) is 54.0 Å². The Bertz CT molecular complexity index is 2050. The first-order valence-electron chi connectivity index (χ1n) is 15.5. The molecule has 0 radical (unpaired) electrons. The van der Waals surface area contributed by atoms with E-state index in [1.807, 2.05) is 12.1 Å². The van der Waals surface area contributed by atoms with E-state index in [4.69, 9.17) is 19.9 Å². The molecule has 4 nitrogen and oxygen atoms in total. The van der Waals surface area contributed by atoms with Gasteiger partial charge in [0.1, 0.15) is 0 Å². The van der Waals surface area contributed by atoms with Crippen molar-refractivity contribution in [2.24, 2.45) is 0 Å². The van der Waals surface area contributed by atoms with Crippen LogP contribution in [-0.2, 0) is 21.9 Å². The van der Waals surface area contributed by atoms with E-state index in [1.165, 1.54) is 0 Å². The van der Waals surface area contributed by atoms with Crippen molar-refractivity contribution in [1.29, 1.82) is 0 Å². The third-order valence-corrected chi connectivity index (χ3v) is 8.63. The summed E-state index contributed by atoms with van der Waals surface area (Å²) in [5, 5.41) is 0. The number of rotatable bonds is 4. The molecule has 1 atom stereocenters. The first-order valence-corrected chi connectivity index (χ1v) is 15.5. The molecule has 5 aromatic rings. The fourth-order valence-electron chi connectivity index (χ4n) is 6.39. The summed E-state index contributed by atoms with van der Waals surface area (Å²) in [4.78, 5) is 21.2. The zero-order valence-corrected chi connectivity index (χ0v) is 27.3. The van der Waals surface area contributed by atoms with Crippen molar-refractivity contribution in [3.05, 3.63) is 119 Å². The quantitative estimate of drug-likeness (QED) is 0.182. The van der Waals surface area contributed by atoms with E-state index in [9.17, 15) is 0 Å². The molecule has 2 aliphatic heterocycles. The van der Waals surface area contributed by atoms with Crippen molar-refractivity contribution in [3.63, 3.8) is 0 Å². The second kappa shape index (κ2) is 12.1. The van der Waals surface area contributed by atoms with Crippen molar-refractivity contribution in [1.82, 2.24) is 19.9 Å². The molecule has 0 aliphatic carbocycles. The van der Waals surface area contributed by atoms with Crippen LogP contribution in [0.25, 0.3) is 68.6 Å². The normalized spacial score (nSPS) is 13.1. The maximum Gasteiger partial charge on any atom is 2.00 e. The molecule has 0 saturated heterocycles. The molecule has 0 fully saturated rings. The molecule has 0 saturated carbocycles. The number of hydrogen-bond donors (Lipinski definition) is 0. The third kappa shape index (κ3) is 5.62. The molecule has 5 heteroatoms. The Morgan fingerprint density at radius 2 is 1.02 bits per heavy atom. The average molecular weight is 631 g/mol. The maximum absolute atomic E-state index is 5.29. The molecule has 2 aromatic carbocycles. The van der Waals surface area contributed by atoms with Gasteiger partial charge < -0.3 is 9.97 Å². The Balaban J connectivity index is 0.00000357. The van der Waals surface area contributed by atoms with Gasteiger partial charge in [0.15, 0.2) is 0 Å². The predicted octanol–water partition coefficient (Wildman–Crippen LogP) is 10.1. The van der Waals surface area contributed by atoms with Crippen LogP contribution in [0.4, 0.5) is 0 Å². The zero-order valence-electron chi connectivity index (χ0n) is 26.3. The summed E-state index contributed by atoms with van der Waals surface area (Å²) in [5.41, 5.74) is 13.8. The predicted molar refractivity (Wildman–Crippen MR) is 185 cm³/mol. The summed E-state index contributed by atoms with van der Waals surface area (Å²) in [5.74, 6) is 0.274. The summed E-state index contributed by atoms with van der Waals surface area (Å²) in [7, 11) is 0. The molecule has 5 heterocycles. The Morgan fingerprint density at radius 3 is 1.56 bits per heavy atom. The summed E-state index contributed by atoms with van der Waals surface area (Å²) in [6.07, 6.45) is 9.53. The monoisotopic (exact) mass is 630 g/mol. The van der Waals surface area contributed by atoms with Crippen molar-refractivity contribution in [3.8, 4) is 22.3 Å². The third-order valence-electron chi connectivity index (χ3n) is 8.63. The van der Waals surface area contributed by atoms with Gasteiger partial charge in [0.05, 0.1) is 22.8 Å². The minimum atomic E-state index is -0.194. The van der Waals surface area contributed by atoms with Crippen LogP contribution in [0.15, 0.2) is 84.9 Å². The molecule has 1 unspecified atom stereocenters. The van der Waals surface area contributed by atoms with Crippen LogP contribution >= 0.6 is 0 Å². The van der Waals surface area contributed by atoms with Gasteiger partial charge in [0.25, 0.3) is 0 Å². The van der Waals surface area contributed by atoms with Gasteiger partial charge in [0.2, 0.25) is 0 Å². The van der Waals surface area contributed by atoms with E-state index in [2.05, 4.69) is 132 Å². The first kappa shape index (κ1) is 30.6. The van der Waals surface area contributed by atoms with Crippen LogP contribution in [-0.4, -0.2) is 9.97 Å². The smallest absolute Gasteiger partial charge is 0.657 e. The van der Waals surface area contributed by atoms with Gasteiger partial charge >= 0.3 is 16.5 Å². The van der Waals surface area contributed by atoms with Crippen LogP contribution < -0.4 is 9.97 Å². The molecule has 0 N–H and O–H groups in total. The summed E-state index contributed by atoms with van der Waals surface area (Å²) < 4.78 is 0. The maximum atomic E-state index is 5.29. The fourth-order valence-corrected chi connectivity index (χ4v) is 6.39. The molecule has 45 heavy (non-hydrogen) atoms. The van der Waals surface area contributed by atoms with Crippen LogP contribution in [0.5, 0.6) is 0 Å². The standard InChI is InChI=1S/C40H36N4.Ni/c1-6-25(2)36-28-17-19-30(41-28)37(26-13-9-7-10-14-26)32-21-23-34(43-32)39(40(3,4)5)35-24-22-33(44-35)38(27-15-11-8-12-16-27)31-20-18-29(36)42-31;/h7-25H,6H2,1-5H3;/q-2;+2. The minimum absolute atomic E-state index is 0. The molecule has 3 aromatic heterocycles. The van der Waals surface area contributed by atoms with Crippen molar-refractivity contribution in [2.45, 2.75) is 52.4 Å². The van der Waals surface area contributed by atoms with E-state index < -0.39 is 0 Å². The first-order chi connectivity index (χ1) is 21.3. The minimum Gasteiger partial charge on any atom is -0.657 e. The Hall–Kier alpha value is -4.47. The Kier molecular flexibility index (Phi) is 8.24. The van der Waals surface area contributed by atoms with Gasteiger partial charge in [-0.3, -0.25) is 0 Å². The Labute approximate surface area is 275 Å². The van der Waals surface area contributed by atoms with E-state index in [0.29, 0.717) is 0 Å². The molecule has 0 spiro atoms. The van der Waals surface area contributed by atoms with E-state index in [0.717, 1.165) is 84.6 Å². The van der Waals surface area contributed by atoms with Crippen LogP contribution in [0.1, 0.15) is 80.9 Å². The van der Waals surface area contributed by atoms with E-state index in [-0.39, 0.29) is 27.8 Å². The van der Waals surface area contributed by atoms with Crippen LogP contribution in [0, 0.1) is 0 Å². The molecule has 226 valence electrons. The molecule has 2 aliphatic rings. The number of nitrogens with zero attached hydrogens (tertiary/aromatic N) is 4. The molecule has 8 bridgehead atoms. The number of fused-ring (bicyclic) bond motifs is 8. The molecule has 7 rings (SSSR count). The summed E-state index contributed by atoms with van der Waals surface area (Å²) in [6, 6.07) is 29.5. The average Bonchev–Trinajstić information content (AvgIpc) is 3.84. The van der Waals surface area contributed by atoms with Crippen molar-refractivity contribution in [2.75, 3.05) is 0 Å². The van der Waals surface area contributed by atoms with Crippen molar-refractivity contribution < 1.29 is 16.5 Å². The van der Waals surface area contributed by atoms with E-state index >= 15 is 0 Å². The Morgan fingerprint density at radius 1 is 0.578 bits per heavy atom. The van der Waals surface area contributed by atoms with Crippen molar-refractivity contribution >= 4 is 46.4 Å². The van der Waals surface area contributed by atoms with E-state index in [1.54, 1.807) is 0 Å². The zero-order chi connectivity index (χ0) is 30.4. The van der Waals surface area contributed by atoms with Gasteiger partial charge in [-0.15, -0.1) is 22.1 Å². The number of aromatic nitrogens is 4. The second-order valence-corrected chi connectivity index (χ2v) is 12.7. The largest absolute Gasteiger partial charge is 2.00 e.